The van der Waals surface area contributed by atoms with Crippen LogP contribution in [0.3, 0.4) is 0 Å². The van der Waals surface area contributed by atoms with Gasteiger partial charge >= 0.3 is 0 Å². The molecular formula is C8H13N3O. The van der Waals surface area contributed by atoms with Gasteiger partial charge in [-0.15, -0.1) is 0 Å². The molecule has 4 nitrogen and oxygen atoms in total. The first kappa shape index (κ1) is 7.76. The molecule has 0 bridgehead atoms. The van der Waals surface area contributed by atoms with Crippen LogP contribution < -0.4 is 0 Å². The highest BCUT2D eigenvalue weighted by Gasteiger charge is 2.19. The molecule has 1 aromatic rings. The van der Waals surface area contributed by atoms with Crippen LogP contribution in [0.25, 0.3) is 0 Å². The maximum atomic E-state index is 9.26. The highest BCUT2D eigenvalue weighted by atomic mass is 16.3. The summed E-state index contributed by atoms with van der Waals surface area (Å²) in [5.41, 5.74) is 1.11. The Morgan fingerprint density at radius 2 is 2.67 bits per heavy atom. The zero-order valence-electron chi connectivity index (χ0n) is 6.90. The summed E-state index contributed by atoms with van der Waals surface area (Å²) in [6, 6.07) is 1.96. The molecule has 4 heteroatoms. The number of nitrogens with one attached hydrogen (secondary N) is 1. The van der Waals surface area contributed by atoms with Crippen LogP contribution in [0.1, 0.15) is 12.1 Å². The molecule has 0 amide bonds. The summed E-state index contributed by atoms with van der Waals surface area (Å²) in [4.78, 5) is 2.22. The molecule has 1 saturated heterocycles. The number of hydrogen-bond acceptors (Lipinski definition) is 3. The molecule has 2 rings (SSSR count). The second kappa shape index (κ2) is 3.25. The lowest BCUT2D eigenvalue weighted by atomic mass is 10.3. The highest BCUT2D eigenvalue weighted by molar-refractivity contribution is 4.97. The van der Waals surface area contributed by atoms with Gasteiger partial charge in [0.1, 0.15) is 0 Å². The van der Waals surface area contributed by atoms with Crippen molar-refractivity contribution in [1.29, 1.82) is 0 Å². The minimum Gasteiger partial charge on any atom is -0.392 e. The normalized spacial score (nSPS) is 24.9. The fourth-order valence-corrected chi connectivity index (χ4v) is 1.57. The number of aromatic amines is 1. The molecule has 1 atom stereocenters. The van der Waals surface area contributed by atoms with Crippen molar-refractivity contribution in [2.24, 2.45) is 0 Å². The molecule has 0 aromatic carbocycles. The quantitative estimate of drug-likeness (QED) is 0.650. The van der Waals surface area contributed by atoms with Gasteiger partial charge in [-0.05, 0) is 12.5 Å². The summed E-state index contributed by atoms with van der Waals surface area (Å²) in [6.45, 7) is 2.65. The van der Waals surface area contributed by atoms with E-state index in [1.165, 1.54) is 0 Å². The minimum atomic E-state index is -0.132. The summed E-state index contributed by atoms with van der Waals surface area (Å²) in [6.07, 6.45) is 2.52. The standard InChI is InChI=1S/C8H13N3O/c12-8-2-4-11(6-8)5-7-1-3-9-10-7/h1,3,8,12H,2,4-6H2,(H,9,10)/t8-/m1/s1. The molecule has 0 aliphatic carbocycles. The van der Waals surface area contributed by atoms with Gasteiger partial charge < -0.3 is 5.11 Å². The molecule has 12 heavy (non-hydrogen) atoms. The Hall–Kier alpha value is -0.870. The third-order valence-electron chi connectivity index (χ3n) is 2.20. The van der Waals surface area contributed by atoms with Crippen molar-refractivity contribution in [3.05, 3.63) is 18.0 Å². The van der Waals surface area contributed by atoms with E-state index in [2.05, 4.69) is 15.1 Å². The molecule has 0 unspecified atom stereocenters. The average Bonchev–Trinajstić information content (AvgIpc) is 2.63. The van der Waals surface area contributed by atoms with Gasteiger partial charge in [-0.2, -0.15) is 5.10 Å². The van der Waals surface area contributed by atoms with Crippen molar-refractivity contribution in [1.82, 2.24) is 15.1 Å². The van der Waals surface area contributed by atoms with Crippen molar-refractivity contribution >= 4 is 0 Å². The third-order valence-corrected chi connectivity index (χ3v) is 2.20. The van der Waals surface area contributed by atoms with E-state index in [1.54, 1.807) is 6.20 Å². The van der Waals surface area contributed by atoms with Crippen molar-refractivity contribution in [2.75, 3.05) is 13.1 Å². The van der Waals surface area contributed by atoms with Crippen molar-refractivity contribution in [3.63, 3.8) is 0 Å². The maximum Gasteiger partial charge on any atom is 0.0679 e. The summed E-state index contributed by atoms with van der Waals surface area (Å²) in [7, 11) is 0. The second-order valence-corrected chi connectivity index (χ2v) is 3.26. The van der Waals surface area contributed by atoms with Gasteiger partial charge in [0.05, 0.1) is 6.10 Å². The SMILES string of the molecule is O[C@@H]1CCN(Cc2ccn[nH]2)C1. The molecule has 1 aliphatic heterocycles. The van der Waals surface area contributed by atoms with Crippen LogP contribution in [0.5, 0.6) is 0 Å². The lowest BCUT2D eigenvalue weighted by Crippen LogP contribution is -2.21. The number of aliphatic hydroxyl groups excluding tert-OH is 1. The summed E-state index contributed by atoms with van der Waals surface area (Å²) < 4.78 is 0. The largest absolute Gasteiger partial charge is 0.392 e. The minimum absolute atomic E-state index is 0.132. The number of β-amino-alcohol motifs (C(OH)–C–C–N with tert-alkyl or cyclic N) is 1. The summed E-state index contributed by atoms with van der Waals surface area (Å²) >= 11 is 0. The Balaban J connectivity index is 1.88. The molecule has 2 heterocycles. The zero-order valence-corrected chi connectivity index (χ0v) is 6.90. The van der Waals surface area contributed by atoms with Crippen LogP contribution in [0, 0.1) is 0 Å². The summed E-state index contributed by atoms with van der Waals surface area (Å²) in [5, 5.41) is 16.0. The Morgan fingerprint density at radius 1 is 1.75 bits per heavy atom. The number of aromatic nitrogens is 2. The lowest BCUT2D eigenvalue weighted by Gasteiger charge is -2.12. The lowest BCUT2D eigenvalue weighted by molar-refractivity contribution is 0.174. The molecule has 1 aliphatic rings. The maximum absolute atomic E-state index is 9.26. The molecule has 0 radical (unpaired) electrons. The first-order valence-electron chi connectivity index (χ1n) is 4.23. The highest BCUT2D eigenvalue weighted by Crippen LogP contribution is 2.11. The fraction of sp³-hybridized carbons (Fsp3) is 0.625. The number of rotatable bonds is 2. The van der Waals surface area contributed by atoms with E-state index in [4.69, 9.17) is 0 Å². The predicted molar refractivity (Wildman–Crippen MR) is 44.5 cm³/mol. The second-order valence-electron chi connectivity index (χ2n) is 3.26. The number of aliphatic hydroxyl groups is 1. The van der Waals surface area contributed by atoms with E-state index in [9.17, 15) is 5.11 Å². The number of H-pyrrole nitrogens is 1. The fourth-order valence-electron chi connectivity index (χ4n) is 1.57. The van der Waals surface area contributed by atoms with Crippen molar-refractivity contribution in [3.8, 4) is 0 Å². The summed E-state index contributed by atoms with van der Waals surface area (Å²) in [5.74, 6) is 0. The van der Waals surface area contributed by atoms with E-state index >= 15 is 0 Å². The zero-order chi connectivity index (χ0) is 8.39. The Morgan fingerprint density at radius 3 is 3.25 bits per heavy atom. The third kappa shape index (κ3) is 1.65. The van der Waals surface area contributed by atoms with E-state index in [1.807, 2.05) is 6.07 Å². The number of hydrogen-bond donors (Lipinski definition) is 2. The molecule has 2 N–H and O–H groups in total. The van der Waals surface area contributed by atoms with E-state index in [0.717, 1.165) is 31.7 Å². The Labute approximate surface area is 71.2 Å². The van der Waals surface area contributed by atoms with Crippen molar-refractivity contribution < 1.29 is 5.11 Å². The molecule has 66 valence electrons. The molecule has 0 spiro atoms. The topological polar surface area (TPSA) is 52.1 Å². The van der Waals surface area contributed by atoms with E-state index < -0.39 is 0 Å². The molecule has 1 aromatic heterocycles. The van der Waals surface area contributed by atoms with Crippen molar-refractivity contribution in [2.45, 2.75) is 19.1 Å². The molecule has 1 fully saturated rings. The van der Waals surface area contributed by atoms with Crippen LogP contribution in [0.4, 0.5) is 0 Å². The first-order valence-corrected chi connectivity index (χ1v) is 4.23. The van der Waals surface area contributed by atoms with Crippen LogP contribution in [0.15, 0.2) is 12.3 Å². The number of nitrogens with zero attached hydrogens (tertiary/aromatic N) is 2. The van der Waals surface area contributed by atoms with Crippen LogP contribution in [-0.2, 0) is 6.54 Å². The van der Waals surface area contributed by atoms with Crippen LogP contribution in [0.2, 0.25) is 0 Å². The monoisotopic (exact) mass is 167 g/mol. The van der Waals surface area contributed by atoms with Gasteiger partial charge in [-0.1, -0.05) is 0 Å². The van der Waals surface area contributed by atoms with Crippen LogP contribution >= 0.6 is 0 Å². The van der Waals surface area contributed by atoms with Gasteiger partial charge in [0, 0.05) is 31.5 Å². The predicted octanol–water partition coefficient (Wildman–Crippen LogP) is -0.0237. The molecular weight excluding hydrogens is 154 g/mol. The Kier molecular flexibility index (Phi) is 2.10. The average molecular weight is 167 g/mol. The van der Waals surface area contributed by atoms with Gasteiger partial charge in [0.15, 0.2) is 0 Å². The van der Waals surface area contributed by atoms with Gasteiger partial charge in [0.25, 0.3) is 0 Å². The smallest absolute Gasteiger partial charge is 0.0679 e. The Bertz CT molecular complexity index is 234. The van der Waals surface area contributed by atoms with E-state index in [-0.39, 0.29) is 6.10 Å². The molecule has 0 saturated carbocycles. The van der Waals surface area contributed by atoms with Gasteiger partial charge in [-0.25, -0.2) is 0 Å². The van der Waals surface area contributed by atoms with Crippen LogP contribution in [-0.4, -0.2) is 39.4 Å². The van der Waals surface area contributed by atoms with Gasteiger partial charge in [0.2, 0.25) is 0 Å². The first-order chi connectivity index (χ1) is 5.84. The van der Waals surface area contributed by atoms with Gasteiger partial charge in [-0.3, -0.25) is 10.00 Å². The van der Waals surface area contributed by atoms with E-state index in [0.29, 0.717) is 0 Å². The number of likely N-dealkylation sites (tertiary alicyclic amines) is 1.